The predicted molar refractivity (Wildman–Crippen MR) is 28.4 cm³/mol. The number of hydroxylamine groups is 1. The molecular weight excluding hydrogens is 92.1 g/mol. The van der Waals surface area contributed by atoms with Gasteiger partial charge in [-0.05, 0) is 6.92 Å². The molecule has 0 saturated carbocycles. The minimum atomic E-state index is 0.854. The van der Waals surface area contributed by atoms with Gasteiger partial charge in [0.25, 0.3) is 0 Å². The summed E-state index contributed by atoms with van der Waals surface area (Å²) >= 11 is 0. The standard InChI is InChI=1S/C4H12N2O/c1-4-6(5-2)7-3/h5H,4H2,1-3H3. The van der Waals surface area contributed by atoms with Crippen LogP contribution in [0.2, 0.25) is 0 Å². The summed E-state index contributed by atoms with van der Waals surface area (Å²) in [5, 5.41) is 1.62. The fourth-order valence-corrected chi connectivity index (χ4v) is 0.379. The van der Waals surface area contributed by atoms with Crippen molar-refractivity contribution in [3.05, 3.63) is 0 Å². The Bertz CT molecular complexity index is 31.2. The van der Waals surface area contributed by atoms with Crippen molar-refractivity contribution in [3.63, 3.8) is 0 Å². The number of hydrazine groups is 1. The summed E-state index contributed by atoms with van der Waals surface area (Å²) in [6.07, 6.45) is 0. The monoisotopic (exact) mass is 104 g/mol. The lowest BCUT2D eigenvalue weighted by Crippen LogP contribution is -2.33. The Balaban J connectivity index is 2.99. The molecule has 0 aliphatic rings. The summed E-state index contributed by atoms with van der Waals surface area (Å²) in [6, 6.07) is 0. The average molecular weight is 104 g/mol. The van der Waals surface area contributed by atoms with Gasteiger partial charge in [-0.25, -0.2) is 5.43 Å². The second-order valence-corrected chi connectivity index (χ2v) is 1.10. The van der Waals surface area contributed by atoms with Crippen LogP contribution in [-0.2, 0) is 4.84 Å². The summed E-state index contributed by atoms with van der Waals surface area (Å²) in [4.78, 5) is 4.77. The Morgan fingerprint density at radius 1 is 1.71 bits per heavy atom. The van der Waals surface area contributed by atoms with E-state index in [1.54, 1.807) is 12.3 Å². The maximum absolute atomic E-state index is 4.77. The van der Waals surface area contributed by atoms with Crippen molar-refractivity contribution in [2.24, 2.45) is 0 Å². The minimum Gasteiger partial charge on any atom is -0.287 e. The van der Waals surface area contributed by atoms with Crippen LogP contribution in [0.1, 0.15) is 6.92 Å². The second-order valence-electron chi connectivity index (χ2n) is 1.10. The van der Waals surface area contributed by atoms with Crippen LogP contribution < -0.4 is 5.43 Å². The van der Waals surface area contributed by atoms with E-state index in [1.807, 2.05) is 14.0 Å². The van der Waals surface area contributed by atoms with E-state index in [0.717, 1.165) is 6.54 Å². The minimum absolute atomic E-state index is 0.854. The largest absolute Gasteiger partial charge is 0.287 e. The van der Waals surface area contributed by atoms with Crippen LogP contribution in [-0.4, -0.2) is 25.9 Å². The van der Waals surface area contributed by atoms with Crippen LogP contribution in [0.15, 0.2) is 0 Å². The van der Waals surface area contributed by atoms with Gasteiger partial charge in [0.15, 0.2) is 0 Å². The molecule has 1 N–H and O–H groups in total. The van der Waals surface area contributed by atoms with Crippen molar-refractivity contribution in [3.8, 4) is 0 Å². The number of hydrogen-bond donors (Lipinski definition) is 1. The molecule has 0 amide bonds. The van der Waals surface area contributed by atoms with Gasteiger partial charge >= 0.3 is 0 Å². The molecule has 0 aromatic heterocycles. The van der Waals surface area contributed by atoms with E-state index in [9.17, 15) is 0 Å². The van der Waals surface area contributed by atoms with Gasteiger partial charge in [-0.15, -0.1) is 5.17 Å². The van der Waals surface area contributed by atoms with E-state index < -0.39 is 0 Å². The normalized spacial score (nSPS) is 10.3. The third-order valence-electron chi connectivity index (χ3n) is 0.757. The smallest absolute Gasteiger partial charge is 0.0591 e. The molecule has 0 aliphatic heterocycles. The average Bonchev–Trinajstić information content (AvgIpc) is 1.72. The zero-order valence-corrected chi connectivity index (χ0v) is 5.06. The van der Waals surface area contributed by atoms with Crippen LogP contribution in [0.4, 0.5) is 0 Å². The van der Waals surface area contributed by atoms with Crippen molar-refractivity contribution in [2.75, 3.05) is 20.7 Å². The Kier molecular flexibility index (Phi) is 3.98. The Hall–Kier alpha value is -0.120. The van der Waals surface area contributed by atoms with Crippen LogP contribution in [0.5, 0.6) is 0 Å². The lowest BCUT2D eigenvalue weighted by Gasteiger charge is -2.13. The van der Waals surface area contributed by atoms with Crippen LogP contribution in [0, 0.1) is 0 Å². The number of rotatable bonds is 3. The molecule has 3 heteroatoms. The zero-order valence-electron chi connectivity index (χ0n) is 5.06. The molecule has 0 bridgehead atoms. The maximum atomic E-state index is 4.77. The third-order valence-corrected chi connectivity index (χ3v) is 0.757. The van der Waals surface area contributed by atoms with Crippen molar-refractivity contribution >= 4 is 0 Å². The summed E-state index contributed by atoms with van der Waals surface area (Å²) in [5.41, 5.74) is 2.81. The lowest BCUT2D eigenvalue weighted by molar-refractivity contribution is -0.162. The first-order valence-corrected chi connectivity index (χ1v) is 2.34. The van der Waals surface area contributed by atoms with E-state index in [1.165, 1.54) is 0 Å². The highest BCUT2D eigenvalue weighted by Gasteiger charge is 1.88. The first kappa shape index (κ1) is 6.88. The lowest BCUT2D eigenvalue weighted by atomic mass is 10.8. The van der Waals surface area contributed by atoms with Gasteiger partial charge in [-0.1, -0.05) is 0 Å². The van der Waals surface area contributed by atoms with E-state index in [2.05, 4.69) is 5.43 Å². The molecule has 0 unspecified atom stereocenters. The molecular formula is C4H12N2O. The molecule has 0 spiro atoms. The topological polar surface area (TPSA) is 24.5 Å². The van der Waals surface area contributed by atoms with E-state index in [-0.39, 0.29) is 0 Å². The van der Waals surface area contributed by atoms with Gasteiger partial charge in [0, 0.05) is 13.6 Å². The van der Waals surface area contributed by atoms with Gasteiger partial charge < -0.3 is 0 Å². The van der Waals surface area contributed by atoms with Crippen LogP contribution in [0.3, 0.4) is 0 Å². The highest BCUT2D eigenvalue weighted by Crippen LogP contribution is 1.74. The Morgan fingerprint density at radius 3 is 2.29 bits per heavy atom. The van der Waals surface area contributed by atoms with Crippen molar-refractivity contribution in [2.45, 2.75) is 6.92 Å². The molecule has 0 atom stereocenters. The number of hydrogen-bond acceptors (Lipinski definition) is 3. The van der Waals surface area contributed by atoms with Gasteiger partial charge in [-0.3, -0.25) is 4.84 Å². The van der Waals surface area contributed by atoms with E-state index in [0.29, 0.717) is 0 Å². The van der Waals surface area contributed by atoms with Crippen LogP contribution in [0.25, 0.3) is 0 Å². The van der Waals surface area contributed by atoms with E-state index in [4.69, 9.17) is 4.84 Å². The molecule has 0 aliphatic carbocycles. The molecule has 0 aromatic carbocycles. The highest BCUT2D eigenvalue weighted by molar-refractivity contribution is 4.19. The quantitative estimate of drug-likeness (QED) is 0.510. The molecule has 0 saturated heterocycles. The van der Waals surface area contributed by atoms with E-state index >= 15 is 0 Å². The Morgan fingerprint density at radius 2 is 2.29 bits per heavy atom. The third kappa shape index (κ3) is 2.56. The second kappa shape index (κ2) is 4.05. The molecule has 3 nitrogen and oxygen atoms in total. The highest BCUT2D eigenvalue weighted by atomic mass is 16.7. The predicted octanol–water partition coefficient (Wildman–Crippen LogP) is 0.00410. The Labute approximate surface area is 44.2 Å². The zero-order chi connectivity index (χ0) is 5.70. The number of nitrogens with zero attached hydrogens (tertiary/aromatic N) is 1. The van der Waals surface area contributed by atoms with Gasteiger partial charge in [0.2, 0.25) is 0 Å². The molecule has 7 heavy (non-hydrogen) atoms. The van der Waals surface area contributed by atoms with Gasteiger partial charge in [-0.2, -0.15) is 0 Å². The molecule has 44 valence electrons. The first-order valence-electron chi connectivity index (χ1n) is 2.34. The molecule has 0 aromatic rings. The van der Waals surface area contributed by atoms with Gasteiger partial charge in [0.1, 0.15) is 0 Å². The summed E-state index contributed by atoms with van der Waals surface area (Å²) < 4.78 is 0. The van der Waals surface area contributed by atoms with Crippen LogP contribution >= 0.6 is 0 Å². The van der Waals surface area contributed by atoms with Crippen molar-refractivity contribution in [1.29, 1.82) is 0 Å². The first-order chi connectivity index (χ1) is 3.35. The molecule has 0 fully saturated rings. The SMILES string of the molecule is CCN(NC)OC. The van der Waals surface area contributed by atoms with Crippen molar-refractivity contribution < 1.29 is 4.84 Å². The number of nitrogens with one attached hydrogen (secondary N) is 1. The van der Waals surface area contributed by atoms with Crippen molar-refractivity contribution in [1.82, 2.24) is 10.6 Å². The maximum Gasteiger partial charge on any atom is 0.0591 e. The summed E-state index contributed by atoms with van der Waals surface area (Å²) in [5.74, 6) is 0. The molecule has 0 rings (SSSR count). The molecule has 0 heterocycles. The fraction of sp³-hybridized carbons (Fsp3) is 1.00. The fourth-order valence-electron chi connectivity index (χ4n) is 0.379. The summed E-state index contributed by atoms with van der Waals surface area (Å²) in [7, 11) is 3.44. The summed E-state index contributed by atoms with van der Waals surface area (Å²) in [6.45, 7) is 2.85. The molecule has 0 radical (unpaired) electrons. The van der Waals surface area contributed by atoms with Gasteiger partial charge in [0.05, 0.1) is 7.11 Å².